The molecular weight excluding hydrogens is 224 g/mol. The van der Waals surface area contributed by atoms with Crippen molar-refractivity contribution in [3.63, 3.8) is 0 Å². The molecule has 0 saturated heterocycles. The van der Waals surface area contributed by atoms with Crippen molar-refractivity contribution >= 4 is 0 Å². The number of methoxy groups -OCH3 is 1. The molecule has 1 N–H and O–H groups in total. The first-order valence-corrected chi connectivity index (χ1v) is 6.10. The Morgan fingerprint density at radius 3 is 2.28 bits per heavy atom. The van der Waals surface area contributed by atoms with Gasteiger partial charge in [-0.1, -0.05) is 18.2 Å². The number of ether oxygens (including phenoxy) is 1. The number of phenols is 1. The van der Waals surface area contributed by atoms with Gasteiger partial charge in [0.15, 0.2) is 0 Å². The zero-order valence-corrected chi connectivity index (χ0v) is 10.8. The van der Waals surface area contributed by atoms with Crippen molar-refractivity contribution in [2.24, 2.45) is 0 Å². The second-order valence-electron chi connectivity index (χ2n) is 4.52. The normalized spacial score (nSPS) is 10.3. The molecule has 0 aliphatic rings. The highest BCUT2D eigenvalue weighted by atomic mass is 16.5. The molecule has 0 aromatic heterocycles. The molecule has 94 valence electrons. The van der Waals surface area contributed by atoms with E-state index < -0.39 is 0 Å². The van der Waals surface area contributed by atoms with Gasteiger partial charge < -0.3 is 9.84 Å². The van der Waals surface area contributed by atoms with E-state index in [1.54, 1.807) is 19.2 Å². The van der Waals surface area contributed by atoms with Gasteiger partial charge in [0.2, 0.25) is 0 Å². The Hall–Kier alpha value is -1.96. The predicted molar refractivity (Wildman–Crippen MR) is 73.2 cm³/mol. The van der Waals surface area contributed by atoms with Crippen LogP contribution in [-0.4, -0.2) is 12.2 Å². The van der Waals surface area contributed by atoms with Crippen molar-refractivity contribution in [2.75, 3.05) is 7.11 Å². The standard InChI is InChI=1S/C16H18O2/c1-12-9-14(11-16(10-12)18-2)4-3-13-5-7-15(17)8-6-13/h5-11,17H,3-4H2,1-2H3. The molecule has 0 bridgehead atoms. The summed E-state index contributed by atoms with van der Waals surface area (Å²) in [5.74, 6) is 1.23. The van der Waals surface area contributed by atoms with E-state index in [1.807, 2.05) is 18.2 Å². The molecule has 0 aliphatic carbocycles. The molecule has 2 aromatic carbocycles. The van der Waals surface area contributed by atoms with Gasteiger partial charge in [0, 0.05) is 0 Å². The molecule has 18 heavy (non-hydrogen) atoms. The zero-order valence-electron chi connectivity index (χ0n) is 10.8. The molecule has 2 nitrogen and oxygen atoms in total. The van der Waals surface area contributed by atoms with Gasteiger partial charge in [-0.05, 0) is 60.7 Å². The molecule has 0 spiro atoms. The highest BCUT2D eigenvalue weighted by Crippen LogP contribution is 2.18. The van der Waals surface area contributed by atoms with Gasteiger partial charge in [-0.25, -0.2) is 0 Å². The summed E-state index contributed by atoms with van der Waals surface area (Å²) in [6, 6.07) is 13.7. The van der Waals surface area contributed by atoms with E-state index in [2.05, 4.69) is 19.1 Å². The van der Waals surface area contributed by atoms with Crippen LogP contribution in [0.3, 0.4) is 0 Å². The largest absolute Gasteiger partial charge is 0.508 e. The summed E-state index contributed by atoms with van der Waals surface area (Å²) < 4.78 is 5.27. The fraction of sp³-hybridized carbons (Fsp3) is 0.250. The van der Waals surface area contributed by atoms with Gasteiger partial charge in [0.05, 0.1) is 7.11 Å². The highest BCUT2D eigenvalue weighted by molar-refractivity contribution is 5.34. The Kier molecular flexibility index (Phi) is 3.88. The van der Waals surface area contributed by atoms with Crippen molar-refractivity contribution < 1.29 is 9.84 Å². The minimum Gasteiger partial charge on any atom is -0.508 e. The van der Waals surface area contributed by atoms with Crippen molar-refractivity contribution in [2.45, 2.75) is 19.8 Å². The molecular formula is C16H18O2. The van der Waals surface area contributed by atoms with E-state index in [9.17, 15) is 5.11 Å². The molecule has 2 aromatic rings. The molecule has 0 amide bonds. The fourth-order valence-electron chi connectivity index (χ4n) is 2.04. The summed E-state index contributed by atoms with van der Waals surface area (Å²) in [7, 11) is 1.69. The topological polar surface area (TPSA) is 29.5 Å². The first kappa shape index (κ1) is 12.5. The number of hydrogen-bond donors (Lipinski definition) is 1. The van der Waals surface area contributed by atoms with Gasteiger partial charge in [0.25, 0.3) is 0 Å². The minimum absolute atomic E-state index is 0.316. The lowest BCUT2D eigenvalue weighted by Gasteiger charge is -2.07. The second-order valence-corrected chi connectivity index (χ2v) is 4.52. The van der Waals surface area contributed by atoms with Gasteiger partial charge in [-0.2, -0.15) is 0 Å². The van der Waals surface area contributed by atoms with Crippen LogP contribution >= 0.6 is 0 Å². The van der Waals surface area contributed by atoms with Crippen LogP contribution in [-0.2, 0) is 12.8 Å². The number of rotatable bonds is 4. The molecule has 2 heteroatoms. The van der Waals surface area contributed by atoms with E-state index >= 15 is 0 Å². The molecule has 0 heterocycles. The molecule has 0 fully saturated rings. The number of benzene rings is 2. The maximum atomic E-state index is 9.23. The predicted octanol–water partition coefficient (Wildman–Crippen LogP) is 3.49. The highest BCUT2D eigenvalue weighted by Gasteiger charge is 2.00. The van der Waals surface area contributed by atoms with Crippen molar-refractivity contribution in [1.29, 1.82) is 0 Å². The van der Waals surface area contributed by atoms with E-state index in [1.165, 1.54) is 16.7 Å². The molecule has 0 radical (unpaired) electrons. The number of aromatic hydroxyl groups is 1. The van der Waals surface area contributed by atoms with E-state index in [0.29, 0.717) is 5.75 Å². The average molecular weight is 242 g/mol. The third-order valence-electron chi connectivity index (χ3n) is 2.99. The Morgan fingerprint density at radius 2 is 1.61 bits per heavy atom. The van der Waals surface area contributed by atoms with Crippen LogP contribution in [0.2, 0.25) is 0 Å². The lowest BCUT2D eigenvalue weighted by atomic mass is 10.0. The lowest BCUT2D eigenvalue weighted by Crippen LogP contribution is -1.93. The molecule has 0 aliphatic heterocycles. The maximum absolute atomic E-state index is 9.23. The number of hydrogen-bond acceptors (Lipinski definition) is 2. The lowest BCUT2D eigenvalue weighted by molar-refractivity contribution is 0.414. The molecule has 0 atom stereocenters. The van der Waals surface area contributed by atoms with Crippen LogP contribution in [0.15, 0.2) is 42.5 Å². The van der Waals surface area contributed by atoms with Crippen molar-refractivity contribution in [3.05, 3.63) is 59.2 Å². The van der Waals surface area contributed by atoms with Crippen LogP contribution < -0.4 is 4.74 Å². The second kappa shape index (κ2) is 5.58. The monoisotopic (exact) mass is 242 g/mol. The average Bonchev–Trinajstić information content (AvgIpc) is 2.37. The Labute approximate surface area is 108 Å². The van der Waals surface area contributed by atoms with Gasteiger partial charge in [-0.15, -0.1) is 0 Å². The van der Waals surface area contributed by atoms with Crippen LogP contribution in [0.1, 0.15) is 16.7 Å². The first-order chi connectivity index (χ1) is 8.67. The summed E-state index contributed by atoms with van der Waals surface area (Å²) in [5, 5.41) is 9.23. The van der Waals surface area contributed by atoms with Crippen LogP contribution in [0.4, 0.5) is 0 Å². The van der Waals surface area contributed by atoms with E-state index in [-0.39, 0.29) is 0 Å². The zero-order chi connectivity index (χ0) is 13.0. The summed E-state index contributed by atoms with van der Waals surface area (Å²) in [4.78, 5) is 0. The van der Waals surface area contributed by atoms with E-state index in [4.69, 9.17) is 4.74 Å². The molecule has 0 saturated carbocycles. The van der Waals surface area contributed by atoms with Gasteiger partial charge in [0.1, 0.15) is 11.5 Å². The summed E-state index contributed by atoms with van der Waals surface area (Å²) in [6.45, 7) is 2.08. The molecule has 2 rings (SSSR count). The van der Waals surface area contributed by atoms with Crippen LogP contribution in [0.25, 0.3) is 0 Å². The van der Waals surface area contributed by atoms with E-state index in [0.717, 1.165) is 18.6 Å². The maximum Gasteiger partial charge on any atom is 0.119 e. The van der Waals surface area contributed by atoms with Crippen molar-refractivity contribution in [1.82, 2.24) is 0 Å². The fourth-order valence-corrected chi connectivity index (χ4v) is 2.04. The minimum atomic E-state index is 0.316. The summed E-state index contributed by atoms with van der Waals surface area (Å²) in [5.41, 5.74) is 3.73. The Bertz CT molecular complexity index is 515. The quantitative estimate of drug-likeness (QED) is 0.889. The number of aryl methyl sites for hydroxylation is 3. The Balaban J connectivity index is 2.05. The van der Waals surface area contributed by atoms with Crippen LogP contribution in [0.5, 0.6) is 11.5 Å². The summed E-state index contributed by atoms with van der Waals surface area (Å²) >= 11 is 0. The van der Waals surface area contributed by atoms with Crippen LogP contribution in [0, 0.1) is 6.92 Å². The molecule has 0 unspecified atom stereocenters. The van der Waals surface area contributed by atoms with Gasteiger partial charge in [-0.3, -0.25) is 0 Å². The SMILES string of the molecule is COc1cc(C)cc(CCc2ccc(O)cc2)c1. The first-order valence-electron chi connectivity index (χ1n) is 6.10. The third-order valence-corrected chi connectivity index (χ3v) is 2.99. The number of phenolic OH excluding ortho intramolecular Hbond substituents is 1. The third kappa shape index (κ3) is 3.27. The van der Waals surface area contributed by atoms with Gasteiger partial charge >= 0.3 is 0 Å². The summed E-state index contributed by atoms with van der Waals surface area (Å²) in [6.07, 6.45) is 1.94. The Morgan fingerprint density at radius 1 is 0.944 bits per heavy atom. The van der Waals surface area contributed by atoms with Crippen molar-refractivity contribution in [3.8, 4) is 11.5 Å². The smallest absolute Gasteiger partial charge is 0.119 e.